The van der Waals surface area contributed by atoms with Crippen molar-refractivity contribution >= 4 is 11.8 Å². The molecule has 1 aromatic heterocycles. The van der Waals surface area contributed by atoms with E-state index in [4.69, 9.17) is 0 Å². The van der Waals surface area contributed by atoms with Crippen LogP contribution < -0.4 is 10.6 Å². The fourth-order valence-electron chi connectivity index (χ4n) is 2.78. The largest absolute Gasteiger partial charge is 0.370 e. The lowest BCUT2D eigenvalue weighted by Crippen LogP contribution is -2.13. The van der Waals surface area contributed by atoms with Crippen LogP contribution in [0.25, 0.3) is 0 Å². The molecule has 1 fully saturated rings. The first-order chi connectivity index (χ1) is 9.28. The van der Waals surface area contributed by atoms with E-state index >= 15 is 0 Å². The third kappa shape index (κ3) is 4.69. The Morgan fingerprint density at radius 3 is 2.68 bits per heavy atom. The predicted octanol–water partition coefficient (Wildman–Crippen LogP) is 3.60. The minimum atomic E-state index is 0.725. The molecule has 0 aromatic carbocycles. The monoisotopic (exact) mass is 262 g/mol. The zero-order valence-corrected chi connectivity index (χ0v) is 12.2. The molecule has 4 nitrogen and oxygen atoms in total. The molecule has 0 bridgehead atoms. The predicted molar refractivity (Wildman–Crippen MR) is 80.6 cm³/mol. The van der Waals surface area contributed by atoms with Crippen molar-refractivity contribution in [1.29, 1.82) is 0 Å². The van der Waals surface area contributed by atoms with Crippen molar-refractivity contribution < 1.29 is 0 Å². The molecule has 0 saturated heterocycles. The van der Waals surface area contributed by atoms with Crippen molar-refractivity contribution in [2.75, 3.05) is 23.7 Å². The third-order valence-electron chi connectivity index (χ3n) is 3.77. The van der Waals surface area contributed by atoms with E-state index in [1.807, 2.05) is 13.0 Å². The van der Waals surface area contributed by atoms with Gasteiger partial charge < -0.3 is 10.6 Å². The molecule has 0 amide bonds. The molecule has 0 spiro atoms. The van der Waals surface area contributed by atoms with Gasteiger partial charge in [-0.25, -0.2) is 4.98 Å². The van der Waals surface area contributed by atoms with Gasteiger partial charge in [0.1, 0.15) is 5.82 Å². The number of hydrogen-bond acceptors (Lipinski definition) is 4. The Morgan fingerprint density at radius 2 is 1.95 bits per heavy atom. The number of aromatic nitrogens is 2. The lowest BCUT2D eigenvalue weighted by atomic mass is 9.87. The molecule has 1 aliphatic carbocycles. The maximum atomic E-state index is 4.47. The Balaban J connectivity index is 1.81. The first-order valence-corrected chi connectivity index (χ1v) is 7.61. The molecule has 1 saturated carbocycles. The Hall–Kier alpha value is -1.32. The van der Waals surface area contributed by atoms with Gasteiger partial charge in [0.05, 0.1) is 0 Å². The lowest BCUT2D eigenvalue weighted by Gasteiger charge is -2.21. The van der Waals surface area contributed by atoms with Gasteiger partial charge in [0.25, 0.3) is 0 Å². The number of anilines is 2. The number of rotatable bonds is 6. The van der Waals surface area contributed by atoms with Crippen molar-refractivity contribution in [3.63, 3.8) is 0 Å². The second-order valence-corrected chi connectivity index (χ2v) is 5.47. The van der Waals surface area contributed by atoms with E-state index in [1.54, 1.807) is 0 Å². The van der Waals surface area contributed by atoms with E-state index in [0.29, 0.717) is 0 Å². The molecule has 1 heterocycles. The van der Waals surface area contributed by atoms with Gasteiger partial charge in [-0.15, -0.1) is 0 Å². The summed E-state index contributed by atoms with van der Waals surface area (Å²) in [6.45, 7) is 5.94. The summed E-state index contributed by atoms with van der Waals surface area (Å²) < 4.78 is 0. The van der Waals surface area contributed by atoms with E-state index in [1.165, 1.54) is 38.5 Å². The van der Waals surface area contributed by atoms with Crippen LogP contribution in [0.4, 0.5) is 11.8 Å². The van der Waals surface area contributed by atoms with Crippen LogP contribution in [0.3, 0.4) is 0 Å². The van der Waals surface area contributed by atoms with E-state index in [0.717, 1.165) is 36.5 Å². The number of nitrogens with one attached hydrogen (secondary N) is 2. The molecule has 0 radical (unpaired) electrons. The van der Waals surface area contributed by atoms with Crippen molar-refractivity contribution in [1.82, 2.24) is 9.97 Å². The smallest absolute Gasteiger partial charge is 0.224 e. The first-order valence-electron chi connectivity index (χ1n) is 7.61. The van der Waals surface area contributed by atoms with Crippen molar-refractivity contribution in [3.8, 4) is 0 Å². The highest BCUT2D eigenvalue weighted by Crippen LogP contribution is 2.26. The summed E-state index contributed by atoms with van der Waals surface area (Å²) in [5.74, 6) is 2.58. The highest BCUT2D eigenvalue weighted by molar-refractivity contribution is 5.41. The van der Waals surface area contributed by atoms with Crippen LogP contribution in [0, 0.1) is 12.8 Å². The summed E-state index contributed by atoms with van der Waals surface area (Å²) in [6.07, 6.45) is 8.35. The van der Waals surface area contributed by atoms with Crippen LogP contribution in [0.15, 0.2) is 6.07 Å². The molecule has 0 atom stereocenters. The van der Waals surface area contributed by atoms with Crippen molar-refractivity contribution in [2.24, 2.45) is 5.92 Å². The maximum absolute atomic E-state index is 4.47. The highest BCUT2D eigenvalue weighted by Gasteiger charge is 2.12. The maximum Gasteiger partial charge on any atom is 0.224 e. The van der Waals surface area contributed by atoms with Gasteiger partial charge in [-0.2, -0.15) is 4.98 Å². The average molecular weight is 262 g/mol. The molecule has 0 unspecified atom stereocenters. The standard InChI is InChI=1S/C15H26N4/c1-3-16-15-18-12(2)11-14(19-15)17-10-9-13-7-5-4-6-8-13/h11,13H,3-10H2,1-2H3,(H2,16,17,18,19). The fourth-order valence-corrected chi connectivity index (χ4v) is 2.78. The van der Waals surface area contributed by atoms with Crippen LogP contribution in [-0.2, 0) is 0 Å². The summed E-state index contributed by atoms with van der Waals surface area (Å²) >= 11 is 0. The molecular weight excluding hydrogens is 236 g/mol. The molecule has 2 N–H and O–H groups in total. The summed E-state index contributed by atoms with van der Waals surface area (Å²) in [6, 6.07) is 2.02. The summed E-state index contributed by atoms with van der Waals surface area (Å²) in [5.41, 5.74) is 1.01. The van der Waals surface area contributed by atoms with E-state index in [9.17, 15) is 0 Å². The Kier molecular flexibility index (Phi) is 5.43. The average Bonchev–Trinajstić information content (AvgIpc) is 2.40. The normalized spacial score (nSPS) is 16.3. The summed E-state index contributed by atoms with van der Waals surface area (Å²) in [7, 11) is 0. The van der Waals surface area contributed by atoms with E-state index in [-0.39, 0.29) is 0 Å². The van der Waals surface area contributed by atoms with Crippen molar-refractivity contribution in [3.05, 3.63) is 11.8 Å². The zero-order valence-electron chi connectivity index (χ0n) is 12.2. The molecule has 1 aliphatic rings. The first kappa shape index (κ1) is 14.1. The molecule has 2 rings (SSSR count). The summed E-state index contributed by atoms with van der Waals surface area (Å²) in [5, 5.41) is 6.61. The Morgan fingerprint density at radius 1 is 1.16 bits per heavy atom. The zero-order chi connectivity index (χ0) is 13.5. The molecule has 106 valence electrons. The highest BCUT2D eigenvalue weighted by atomic mass is 15.1. The van der Waals surface area contributed by atoms with Gasteiger partial charge in [0, 0.05) is 24.8 Å². The quantitative estimate of drug-likeness (QED) is 0.822. The minimum absolute atomic E-state index is 0.725. The van der Waals surface area contributed by atoms with Crippen LogP contribution >= 0.6 is 0 Å². The van der Waals surface area contributed by atoms with Gasteiger partial charge in [0.2, 0.25) is 5.95 Å². The van der Waals surface area contributed by atoms with Gasteiger partial charge in [-0.3, -0.25) is 0 Å². The number of nitrogens with zero attached hydrogens (tertiary/aromatic N) is 2. The topological polar surface area (TPSA) is 49.8 Å². The minimum Gasteiger partial charge on any atom is -0.370 e. The second kappa shape index (κ2) is 7.31. The van der Waals surface area contributed by atoms with Crippen LogP contribution in [-0.4, -0.2) is 23.1 Å². The van der Waals surface area contributed by atoms with Gasteiger partial charge in [-0.1, -0.05) is 32.1 Å². The Labute approximate surface area is 116 Å². The molecule has 4 heteroatoms. The van der Waals surface area contributed by atoms with Crippen LogP contribution in [0.1, 0.15) is 51.1 Å². The van der Waals surface area contributed by atoms with Gasteiger partial charge in [-0.05, 0) is 26.2 Å². The molecule has 0 aliphatic heterocycles. The van der Waals surface area contributed by atoms with E-state index < -0.39 is 0 Å². The van der Waals surface area contributed by atoms with E-state index in [2.05, 4.69) is 27.5 Å². The van der Waals surface area contributed by atoms with Crippen molar-refractivity contribution in [2.45, 2.75) is 52.4 Å². The third-order valence-corrected chi connectivity index (χ3v) is 3.77. The van der Waals surface area contributed by atoms with Crippen LogP contribution in [0.2, 0.25) is 0 Å². The van der Waals surface area contributed by atoms with Gasteiger partial charge >= 0.3 is 0 Å². The molecular formula is C15H26N4. The molecule has 19 heavy (non-hydrogen) atoms. The number of hydrogen-bond donors (Lipinski definition) is 2. The SMILES string of the molecule is CCNc1nc(C)cc(NCCC2CCCCC2)n1. The summed E-state index contributed by atoms with van der Waals surface area (Å²) in [4.78, 5) is 8.83. The van der Waals surface area contributed by atoms with Gasteiger partial charge in [0.15, 0.2) is 0 Å². The fraction of sp³-hybridized carbons (Fsp3) is 0.733. The number of aryl methyl sites for hydroxylation is 1. The molecule has 1 aromatic rings. The lowest BCUT2D eigenvalue weighted by molar-refractivity contribution is 0.345. The Bertz CT molecular complexity index is 386. The van der Waals surface area contributed by atoms with Crippen LogP contribution in [0.5, 0.6) is 0 Å². The second-order valence-electron chi connectivity index (χ2n) is 5.47.